The first-order valence-electron chi connectivity index (χ1n) is 10.6. The van der Waals surface area contributed by atoms with Crippen LogP contribution in [0.25, 0.3) is 5.69 Å². The Balaban J connectivity index is 1.45. The first-order valence-corrected chi connectivity index (χ1v) is 11.4. The first-order chi connectivity index (χ1) is 16.0. The van der Waals surface area contributed by atoms with E-state index in [4.69, 9.17) is 0 Å². The molecule has 164 valence electrons. The number of aliphatic hydroxyl groups is 1. The molecule has 3 aromatic carbocycles. The topological polar surface area (TPSA) is 62.5 Å². The zero-order chi connectivity index (χ0) is 23.0. The number of amides is 1. The molecule has 2 heterocycles. The summed E-state index contributed by atoms with van der Waals surface area (Å²) in [7, 11) is 0. The number of rotatable bonds is 6. The number of ketones is 1. The molecule has 1 N–H and O–H groups in total. The molecular weight excluding hydrogens is 480 g/mol. The summed E-state index contributed by atoms with van der Waals surface area (Å²) in [5.74, 6) is -0.783. The molecule has 0 aliphatic carbocycles. The number of Topliss-reactive ketones (excluding diaryl/α,β-unsaturated/α-hetero) is 1. The number of carbonyl (C=O) groups excluding carboxylic acids is 2. The third-order valence-corrected chi connectivity index (χ3v) is 6.48. The highest BCUT2D eigenvalue weighted by Gasteiger charge is 2.51. The second-order valence-electron chi connectivity index (χ2n) is 8.14. The number of halogens is 1. The fourth-order valence-electron chi connectivity index (χ4n) is 4.28. The van der Waals surface area contributed by atoms with Gasteiger partial charge in [0.1, 0.15) is 0 Å². The van der Waals surface area contributed by atoms with E-state index < -0.39 is 11.5 Å². The van der Waals surface area contributed by atoms with Gasteiger partial charge in [-0.3, -0.25) is 9.59 Å². The van der Waals surface area contributed by atoms with Gasteiger partial charge in [-0.25, -0.2) is 0 Å². The van der Waals surface area contributed by atoms with Crippen molar-refractivity contribution in [3.8, 4) is 5.69 Å². The third kappa shape index (κ3) is 3.92. The Morgan fingerprint density at radius 2 is 1.61 bits per heavy atom. The SMILES string of the molecule is O=C(C[C@]1(O)C(=O)N(Cc2ccccc2)c2ccc(Br)cc21)c1ccc(-n2cccc2)cc1. The predicted octanol–water partition coefficient (Wildman–Crippen LogP) is 5.25. The number of carbonyl (C=O) groups is 2. The second kappa shape index (κ2) is 8.46. The van der Waals surface area contributed by atoms with E-state index in [9.17, 15) is 14.7 Å². The summed E-state index contributed by atoms with van der Waals surface area (Å²) in [4.78, 5) is 28.2. The average molecular weight is 501 g/mol. The molecule has 0 radical (unpaired) electrons. The van der Waals surface area contributed by atoms with Crippen LogP contribution in [0.4, 0.5) is 5.69 Å². The standard InChI is InChI=1S/C27H21BrN2O3/c28-21-10-13-24-23(16-21)27(33,26(32)30(24)18-19-6-2-1-3-7-19)17-25(31)20-8-11-22(12-9-20)29-14-4-5-15-29/h1-16,33H,17-18H2/t27-/m1/s1. The lowest BCUT2D eigenvalue weighted by molar-refractivity contribution is -0.136. The predicted molar refractivity (Wildman–Crippen MR) is 130 cm³/mol. The molecule has 1 aromatic heterocycles. The van der Waals surface area contributed by atoms with Crippen LogP contribution in [-0.4, -0.2) is 21.4 Å². The maximum absolute atomic E-state index is 13.5. The van der Waals surface area contributed by atoms with Crippen LogP contribution in [0.15, 0.2) is 102 Å². The Hall–Kier alpha value is -3.48. The van der Waals surface area contributed by atoms with Crippen molar-refractivity contribution in [1.82, 2.24) is 4.57 Å². The van der Waals surface area contributed by atoms with Crippen LogP contribution < -0.4 is 4.90 Å². The number of aromatic nitrogens is 1. The van der Waals surface area contributed by atoms with E-state index in [1.54, 1.807) is 29.2 Å². The summed E-state index contributed by atoms with van der Waals surface area (Å²) >= 11 is 3.43. The molecule has 1 amide bonds. The largest absolute Gasteiger partial charge is 0.375 e. The first kappa shape index (κ1) is 21.4. The summed E-state index contributed by atoms with van der Waals surface area (Å²) in [6, 6.07) is 25.9. The molecule has 6 heteroatoms. The fourth-order valence-corrected chi connectivity index (χ4v) is 4.64. The van der Waals surface area contributed by atoms with Crippen molar-refractivity contribution in [3.05, 3.63) is 118 Å². The van der Waals surface area contributed by atoms with Gasteiger partial charge in [0.2, 0.25) is 0 Å². The van der Waals surface area contributed by atoms with Crippen LogP contribution in [0.1, 0.15) is 27.9 Å². The van der Waals surface area contributed by atoms with Crippen molar-refractivity contribution in [2.45, 2.75) is 18.6 Å². The van der Waals surface area contributed by atoms with Crippen LogP contribution in [0.3, 0.4) is 0 Å². The molecule has 1 atom stereocenters. The molecule has 33 heavy (non-hydrogen) atoms. The lowest BCUT2D eigenvalue weighted by Crippen LogP contribution is -2.41. The normalized spacial score (nSPS) is 17.3. The Morgan fingerprint density at radius 1 is 0.909 bits per heavy atom. The molecule has 0 saturated carbocycles. The quantitative estimate of drug-likeness (QED) is 0.368. The van der Waals surface area contributed by atoms with Gasteiger partial charge in [0.15, 0.2) is 11.4 Å². The van der Waals surface area contributed by atoms with E-state index in [0.717, 1.165) is 15.7 Å². The Labute approximate surface area is 200 Å². The minimum atomic E-state index is -1.93. The molecule has 4 aromatic rings. The minimum Gasteiger partial charge on any atom is -0.375 e. The van der Waals surface area contributed by atoms with Gasteiger partial charge in [-0.05, 0) is 60.2 Å². The molecule has 0 bridgehead atoms. The lowest BCUT2D eigenvalue weighted by atomic mass is 9.88. The third-order valence-electron chi connectivity index (χ3n) is 5.99. The molecule has 0 saturated heterocycles. The van der Waals surface area contributed by atoms with Gasteiger partial charge in [-0.2, -0.15) is 0 Å². The van der Waals surface area contributed by atoms with Crippen molar-refractivity contribution < 1.29 is 14.7 Å². The lowest BCUT2D eigenvalue weighted by Gasteiger charge is -2.23. The van der Waals surface area contributed by atoms with E-state index in [0.29, 0.717) is 23.4 Å². The Kier molecular flexibility index (Phi) is 5.48. The monoisotopic (exact) mass is 500 g/mol. The molecule has 5 nitrogen and oxygen atoms in total. The van der Waals surface area contributed by atoms with Gasteiger partial charge in [0.05, 0.1) is 18.7 Å². The summed E-state index contributed by atoms with van der Waals surface area (Å²) in [5, 5.41) is 11.6. The minimum absolute atomic E-state index is 0.294. The maximum atomic E-state index is 13.5. The van der Waals surface area contributed by atoms with Crippen molar-refractivity contribution >= 4 is 33.3 Å². The van der Waals surface area contributed by atoms with Crippen molar-refractivity contribution in [2.75, 3.05) is 4.90 Å². The molecule has 1 aliphatic rings. The fraction of sp³-hybridized carbons (Fsp3) is 0.111. The number of fused-ring (bicyclic) bond motifs is 1. The van der Waals surface area contributed by atoms with Crippen LogP contribution in [0, 0.1) is 0 Å². The molecule has 0 spiro atoms. The smallest absolute Gasteiger partial charge is 0.264 e. The zero-order valence-electron chi connectivity index (χ0n) is 17.7. The van der Waals surface area contributed by atoms with Gasteiger partial charge in [0, 0.05) is 33.7 Å². The highest BCUT2D eigenvalue weighted by molar-refractivity contribution is 9.10. The summed E-state index contributed by atoms with van der Waals surface area (Å²) in [6.45, 7) is 0.316. The summed E-state index contributed by atoms with van der Waals surface area (Å²) in [5.41, 5.74) is 1.45. The van der Waals surface area contributed by atoms with E-state index in [-0.39, 0.29) is 12.2 Å². The van der Waals surface area contributed by atoms with Gasteiger partial charge >= 0.3 is 0 Å². The molecule has 0 unspecified atom stereocenters. The van der Waals surface area contributed by atoms with Gasteiger partial charge < -0.3 is 14.6 Å². The van der Waals surface area contributed by atoms with Crippen LogP contribution in [0.5, 0.6) is 0 Å². The number of anilines is 1. The zero-order valence-corrected chi connectivity index (χ0v) is 19.3. The number of benzene rings is 3. The van der Waals surface area contributed by atoms with E-state index in [2.05, 4.69) is 15.9 Å². The van der Waals surface area contributed by atoms with E-state index >= 15 is 0 Å². The van der Waals surface area contributed by atoms with Crippen LogP contribution >= 0.6 is 15.9 Å². The average Bonchev–Trinajstić information content (AvgIpc) is 3.43. The molecule has 0 fully saturated rings. The molecule has 1 aliphatic heterocycles. The van der Waals surface area contributed by atoms with Gasteiger partial charge in [0.25, 0.3) is 5.91 Å². The van der Waals surface area contributed by atoms with Crippen molar-refractivity contribution in [2.24, 2.45) is 0 Å². The Morgan fingerprint density at radius 3 is 2.30 bits per heavy atom. The van der Waals surface area contributed by atoms with E-state index in [1.807, 2.05) is 77.6 Å². The van der Waals surface area contributed by atoms with Gasteiger partial charge in [-0.15, -0.1) is 0 Å². The molecule has 5 rings (SSSR count). The maximum Gasteiger partial charge on any atom is 0.264 e. The second-order valence-corrected chi connectivity index (χ2v) is 9.05. The Bertz CT molecular complexity index is 1320. The number of hydrogen-bond donors (Lipinski definition) is 1. The highest BCUT2D eigenvalue weighted by Crippen LogP contribution is 2.44. The number of hydrogen-bond acceptors (Lipinski definition) is 3. The van der Waals surface area contributed by atoms with Crippen molar-refractivity contribution in [3.63, 3.8) is 0 Å². The van der Waals surface area contributed by atoms with Gasteiger partial charge in [-0.1, -0.05) is 46.3 Å². The van der Waals surface area contributed by atoms with Crippen LogP contribution in [0.2, 0.25) is 0 Å². The highest BCUT2D eigenvalue weighted by atomic mass is 79.9. The summed E-state index contributed by atoms with van der Waals surface area (Å²) in [6.07, 6.45) is 3.52. The molecular formula is C27H21BrN2O3. The number of nitrogens with zero attached hydrogens (tertiary/aromatic N) is 2. The van der Waals surface area contributed by atoms with Crippen LogP contribution in [-0.2, 0) is 16.9 Å². The summed E-state index contributed by atoms with van der Waals surface area (Å²) < 4.78 is 2.68. The van der Waals surface area contributed by atoms with Crippen molar-refractivity contribution in [1.29, 1.82) is 0 Å². The van der Waals surface area contributed by atoms with E-state index in [1.165, 1.54) is 0 Å².